The van der Waals surface area contributed by atoms with E-state index in [1.807, 2.05) is 18.2 Å². The molecule has 0 spiro atoms. The van der Waals surface area contributed by atoms with Crippen LogP contribution in [0.4, 0.5) is 5.13 Å². The number of thiazole rings is 1. The summed E-state index contributed by atoms with van der Waals surface area (Å²) in [5.41, 5.74) is 6.69. The van der Waals surface area contributed by atoms with Gasteiger partial charge in [0, 0.05) is 20.7 Å². The fraction of sp³-hybridized carbons (Fsp3) is 0. The Bertz CT molecular complexity index is 468. The summed E-state index contributed by atoms with van der Waals surface area (Å²) in [5, 5.41) is 0.590. The highest BCUT2D eigenvalue weighted by molar-refractivity contribution is 9.11. The van der Waals surface area contributed by atoms with Crippen LogP contribution in [0.3, 0.4) is 0 Å². The van der Waals surface area contributed by atoms with E-state index in [4.69, 9.17) is 5.73 Å². The summed E-state index contributed by atoms with van der Waals surface area (Å²) in [6, 6.07) is 6.02. The van der Waals surface area contributed by atoms with Gasteiger partial charge in [0.25, 0.3) is 0 Å². The number of hydrogen-bond acceptors (Lipinski definition) is 3. The molecule has 0 saturated heterocycles. The van der Waals surface area contributed by atoms with Crippen LogP contribution in [0.2, 0.25) is 0 Å². The van der Waals surface area contributed by atoms with Gasteiger partial charge < -0.3 is 5.73 Å². The van der Waals surface area contributed by atoms with Crippen LogP contribution in [-0.2, 0) is 0 Å². The molecule has 5 heteroatoms. The molecule has 0 fully saturated rings. The zero-order chi connectivity index (χ0) is 10.1. The molecule has 0 aliphatic heterocycles. The molecule has 2 N–H and O–H groups in total. The van der Waals surface area contributed by atoms with Gasteiger partial charge in [0.1, 0.15) is 0 Å². The van der Waals surface area contributed by atoms with Crippen molar-refractivity contribution in [2.45, 2.75) is 0 Å². The van der Waals surface area contributed by atoms with Crippen LogP contribution in [0.25, 0.3) is 10.4 Å². The Morgan fingerprint density at radius 3 is 2.71 bits per heavy atom. The van der Waals surface area contributed by atoms with E-state index < -0.39 is 0 Å². The molecule has 1 heterocycles. The van der Waals surface area contributed by atoms with Crippen LogP contribution in [0.15, 0.2) is 33.3 Å². The second-order valence-corrected chi connectivity index (χ2v) is 5.52. The number of benzene rings is 1. The van der Waals surface area contributed by atoms with Crippen LogP contribution in [0.1, 0.15) is 0 Å². The van der Waals surface area contributed by atoms with Crippen molar-refractivity contribution in [3.05, 3.63) is 33.3 Å². The molecule has 0 aliphatic carbocycles. The Morgan fingerprint density at radius 1 is 1.29 bits per heavy atom. The van der Waals surface area contributed by atoms with Gasteiger partial charge in [-0.25, -0.2) is 4.98 Å². The highest BCUT2D eigenvalue weighted by Crippen LogP contribution is 2.34. The summed E-state index contributed by atoms with van der Waals surface area (Å²) in [5.74, 6) is 0. The third-order valence-corrected chi connectivity index (χ3v) is 3.76. The van der Waals surface area contributed by atoms with Crippen LogP contribution < -0.4 is 5.73 Å². The third-order valence-electron chi connectivity index (χ3n) is 1.72. The summed E-state index contributed by atoms with van der Waals surface area (Å²) in [7, 11) is 0. The summed E-state index contributed by atoms with van der Waals surface area (Å²) < 4.78 is 2.09. The molecular formula is C9H6Br2N2S. The van der Waals surface area contributed by atoms with E-state index in [0.29, 0.717) is 5.13 Å². The number of rotatable bonds is 1. The van der Waals surface area contributed by atoms with Gasteiger partial charge in [-0.1, -0.05) is 43.2 Å². The first kappa shape index (κ1) is 10.1. The van der Waals surface area contributed by atoms with Gasteiger partial charge in [0.05, 0.1) is 4.88 Å². The SMILES string of the molecule is Nc1ncc(-c2cc(Br)ccc2Br)s1. The molecule has 0 saturated carbocycles. The van der Waals surface area contributed by atoms with E-state index in [2.05, 4.69) is 36.8 Å². The fourth-order valence-corrected chi connectivity index (χ4v) is 2.77. The minimum atomic E-state index is 0.590. The molecule has 2 aromatic rings. The molecule has 0 aliphatic rings. The topological polar surface area (TPSA) is 38.9 Å². The smallest absolute Gasteiger partial charge is 0.180 e. The summed E-state index contributed by atoms with van der Waals surface area (Å²) in [6.45, 7) is 0. The average Bonchev–Trinajstić information content (AvgIpc) is 2.56. The van der Waals surface area contributed by atoms with Crippen molar-refractivity contribution >= 4 is 48.3 Å². The van der Waals surface area contributed by atoms with Crippen molar-refractivity contribution in [1.82, 2.24) is 4.98 Å². The van der Waals surface area contributed by atoms with Crippen LogP contribution in [0.5, 0.6) is 0 Å². The number of hydrogen-bond donors (Lipinski definition) is 1. The summed E-state index contributed by atoms with van der Waals surface area (Å²) in [4.78, 5) is 5.09. The van der Waals surface area contributed by atoms with Crippen molar-refractivity contribution in [3.8, 4) is 10.4 Å². The Morgan fingerprint density at radius 2 is 2.07 bits per heavy atom. The molecule has 0 amide bonds. The first-order valence-corrected chi connectivity index (χ1v) is 6.24. The van der Waals surface area contributed by atoms with Crippen LogP contribution in [0, 0.1) is 0 Å². The highest BCUT2D eigenvalue weighted by atomic mass is 79.9. The number of anilines is 1. The lowest BCUT2D eigenvalue weighted by molar-refractivity contribution is 1.42. The minimum absolute atomic E-state index is 0.590. The monoisotopic (exact) mass is 332 g/mol. The zero-order valence-corrected chi connectivity index (χ0v) is 11.0. The number of nitrogen functional groups attached to an aromatic ring is 1. The van der Waals surface area contributed by atoms with Gasteiger partial charge in [-0.05, 0) is 18.2 Å². The molecule has 0 atom stereocenters. The van der Waals surface area contributed by atoms with Crippen molar-refractivity contribution in [3.63, 3.8) is 0 Å². The van der Waals surface area contributed by atoms with Gasteiger partial charge in [-0.15, -0.1) is 0 Å². The van der Waals surface area contributed by atoms with Crippen molar-refractivity contribution in [2.24, 2.45) is 0 Å². The molecule has 1 aromatic heterocycles. The lowest BCUT2D eigenvalue weighted by atomic mass is 10.2. The van der Waals surface area contributed by atoms with Crippen molar-refractivity contribution in [2.75, 3.05) is 5.73 Å². The Labute approximate surface area is 102 Å². The molecule has 2 rings (SSSR count). The van der Waals surface area contributed by atoms with Gasteiger partial charge in [0.2, 0.25) is 0 Å². The molecule has 72 valence electrons. The predicted octanol–water partition coefficient (Wildman–Crippen LogP) is 3.92. The Hall–Kier alpha value is -0.390. The molecule has 0 bridgehead atoms. The van der Waals surface area contributed by atoms with E-state index in [0.717, 1.165) is 19.4 Å². The first-order chi connectivity index (χ1) is 6.66. The second kappa shape index (κ2) is 4.00. The Balaban J connectivity index is 2.55. The van der Waals surface area contributed by atoms with Gasteiger partial charge in [-0.3, -0.25) is 0 Å². The lowest BCUT2D eigenvalue weighted by Crippen LogP contribution is -1.77. The van der Waals surface area contributed by atoms with E-state index in [9.17, 15) is 0 Å². The predicted molar refractivity (Wildman–Crippen MR) is 67.4 cm³/mol. The maximum Gasteiger partial charge on any atom is 0.180 e. The average molecular weight is 334 g/mol. The molecular weight excluding hydrogens is 328 g/mol. The third kappa shape index (κ3) is 1.99. The summed E-state index contributed by atoms with van der Waals surface area (Å²) >= 11 is 8.41. The van der Waals surface area contributed by atoms with Gasteiger partial charge >= 0.3 is 0 Å². The number of nitrogens with two attached hydrogens (primary N) is 1. The zero-order valence-electron chi connectivity index (χ0n) is 7.00. The number of halogens is 2. The molecule has 2 nitrogen and oxygen atoms in total. The standard InChI is InChI=1S/C9H6Br2N2S/c10-5-1-2-7(11)6(3-5)8-4-13-9(12)14-8/h1-4H,(H2,12,13). The molecule has 14 heavy (non-hydrogen) atoms. The number of nitrogens with zero attached hydrogens (tertiary/aromatic N) is 1. The number of aromatic nitrogens is 1. The van der Waals surface area contributed by atoms with E-state index in [1.54, 1.807) is 6.20 Å². The lowest BCUT2D eigenvalue weighted by Gasteiger charge is -2.00. The largest absolute Gasteiger partial charge is 0.375 e. The Kier molecular flexibility index (Phi) is 2.90. The first-order valence-electron chi connectivity index (χ1n) is 3.83. The maximum absolute atomic E-state index is 5.58. The minimum Gasteiger partial charge on any atom is -0.375 e. The quantitative estimate of drug-likeness (QED) is 0.859. The molecule has 0 unspecified atom stereocenters. The van der Waals surface area contributed by atoms with E-state index in [-0.39, 0.29) is 0 Å². The molecule has 1 aromatic carbocycles. The fourth-order valence-electron chi connectivity index (χ4n) is 1.10. The maximum atomic E-state index is 5.58. The van der Waals surface area contributed by atoms with Crippen molar-refractivity contribution in [1.29, 1.82) is 0 Å². The normalized spacial score (nSPS) is 10.4. The van der Waals surface area contributed by atoms with Gasteiger partial charge in [0.15, 0.2) is 5.13 Å². The van der Waals surface area contributed by atoms with Gasteiger partial charge in [-0.2, -0.15) is 0 Å². The van der Waals surface area contributed by atoms with E-state index >= 15 is 0 Å². The highest BCUT2D eigenvalue weighted by Gasteiger charge is 2.06. The van der Waals surface area contributed by atoms with E-state index in [1.165, 1.54) is 11.3 Å². The van der Waals surface area contributed by atoms with Crippen LogP contribution in [-0.4, -0.2) is 4.98 Å². The molecule has 0 radical (unpaired) electrons. The second-order valence-electron chi connectivity index (χ2n) is 2.69. The van der Waals surface area contributed by atoms with Crippen LogP contribution >= 0.6 is 43.2 Å². The summed E-state index contributed by atoms with van der Waals surface area (Å²) in [6.07, 6.45) is 1.78. The van der Waals surface area contributed by atoms with Crippen molar-refractivity contribution < 1.29 is 0 Å².